The van der Waals surface area contributed by atoms with Gasteiger partial charge in [0, 0.05) is 5.02 Å². The van der Waals surface area contributed by atoms with Crippen molar-refractivity contribution in [3.63, 3.8) is 0 Å². The van der Waals surface area contributed by atoms with E-state index in [9.17, 15) is 4.79 Å². The van der Waals surface area contributed by atoms with E-state index >= 15 is 0 Å². The summed E-state index contributed by atoms with van der Waals surface area (Å²) in [6.45, 7) is 0. The van der Waals surface area contributed by atoms with E-state index in [4.69, 9.17) is 20.8 Å². The molecule has 100 valence electrons. The molecule has 3 rings (SSSR count). The zero-order chi connectivity index (χ0) is 14.1. The highest BCUT2D eigenvalue weighted by molar-refractivity contribution is 9.10. The standard InChI is InChI=1S/C14H7BrClNO3/c15-12-5-4-11(19-12)13-17-10(14(18)20-13)7-8-2-1-3-9(16)6-8/h1-7H/b10-7+. The van der Waals surface area contributed by atoms with Crippen LogP contribution >= 0.6 is 27.5 Å². The van der Waals surface area contributed by atoms with E-state index in [1.165, 1.54) is 0 Å². The Labute approximate surface area is 127 Å². The van der Waals surface area contributed by atoms with Crippen LogP contribution in [0.15, 0.2) is 56.2 Å². The van der Waals surface area contributed by atoms with E-state index in [-0.39, 0.29) is 11.6 Å². The topological polar surface area (TPSA) is 51.8 Å². The number of aliphatic imine (C=N–C) groups is 1. The lowest BCUT2D eigenvalue weighted by Crippen LogP contribution is -2.04. The summed E-state index contributed by atoms with van der Waals surface area (Å²) >= 11 is 9.07. The number of hydrogen-bond acceptors (Lipinski definition) is 4. The number of esters is 1. The molecule has 1 aliphatic rings. The van der Waals surface area contributed by atoms with Gasteiger partial charge in [0.25, 0.3) is 5.90 Å². The minimum atomic E-state index is -0.521. The summed E-state index contributed by atoms with van der Waals surface area (Å²) in [5.41, 5.74) is 0.977. The van der Waals surface area contributed by atoms with Crippen LogP contribution < -0.4 is 0 Å². The van der Waals surface area contributed by atoms with Gasteiger partial charge in [0.1, 0.15) is 0 Å². The molecule has 0 radical (unpaired) electrons. The molecule has 6 heteroatoms. The van der Waals surface area contributed by atoms with E-state index in [0.717, 1.165) is 5.56 Å². The van der Waals surface area contributed by atoms with Gasteiger partial charge in [0.05, 0.1) is 0 Å². The summed E-state index contributed by atoms with van der Waals surface area (Å²) in [4.78, 5) is 15.9. The van der Waals surface area contributed by atoms with Crippen LogP contribution in [0.25, 0.3) is 6.08 Å². The summed E-state index contributed by atoms with van der Waals surface area (Å²) in [6.07, 6.45) is 1.61. The maximum atomic E-state index is 11.8. The predicted molar refractivity (Wildman–Crippen MR) is 78.5 cm³/mol. The second-order valence-corrected chi connectivity index (χ2v) is 5.21. The van der Waals surface area contributed by atoms with E-state index in [1.54, 1.807) is 36.4 Å². The van der Waals surface area contributed by atoms with Crippen molar-refractivity contribution in [2.45, 2.75) is 0 Å². The first-order chi connectivity index (χ1) is 9.61. The number of carbonyl (C=O) groups excluding carboxylic acids is 1. The largest absolute Gasteiger partial charge is 0.444 e. The minimum Gasteiger partial charge on any atom is -0.444 e. The van der Waals surface area contributed by atoms with Gasteiger partial charge in [-0.15, -0.1) is 0 Å². The molecule has 0 fully saturated rings. The highest BCUT2D eigenvalue weighted by Crippen LogP contribution is 2.22. The predicted octanol–water partition coefficient (Wildman–Crippen LogP) is 4.04. The summed E-state index contributed by atoms with van der Waals surface area (Å²) < 4.78 is 10.9. The van der Waals surface area contributed by atoms with Crippen molar-refractivity contribution in [1.29, 1.82) is 0 Å². The Balaban J connectivity index is 1.94. The van der Waals surface area contributed by atoms with E-state index in [1.807, 2.05) is 6.07 Å². The molecule has 1 aromatic carbocycles. The van der Waals surface area contributed by atoms with Crippen LogP contribution in [0.1, 0.15) is 11.3 Å². The van der Waals surface area contributed by atoms with E-state index < -0.39 is 5.97 Å². The number of cyclic esters (lactones) is 1. The molecular formula is C14H7BrClNO3. The smallest absolute Gasteiger partial charge is 0.363 e. The maximum Gasteiger partial charge on any atom is 0.363 e. The van der Waals surface area contributed by atoms with Crippen LogP contribution in [0.5, 0.6) is 0 Å². The first-order valence-electron chi connectivity index (χ1n) is 5.66. The molecule has 2 heterocycles. The monoisotopic (exact) mass is 351 g/mol. The number of hydrogen-bond donors (Lipinski definition) is 0. The van der Waals surface area contributed by atoms with E-state index in [2.05, 4.69) is 20.9 Å². The Morgan fingerprint density at radius 3 is 2.80 bits per heavy atom. The molecule has 0 aliphatic carbocycles. The van der Waals surface area contributed by atoms with Gasteiger partial charge in [-0.25, -0.2) is 9.79 Å². The molecule has 0 saturated heterocycles. The third-order valence-corrected chi connectivity index (χ3v) is 3.22. The van der Waals surface area contributed by atoms with Gasteiger partial charge in [0.15, 0.2) is 16.1 Å². The number of benzene rings is 1. The van der Waals surface area contributed by atoms with Crippen LogP contribution in [-0.2, 0) is 9.53 Å². The molecule has 0 N–H and O–H groups in total. The van der Waals surface area contributed by atoms with Crippen LogP contribution in [0.3, 0.4) is 0 Å². The van der Waals surface area contributed by atoms with Gasteiger partial charge >= 0.3 is 5.97 Å². The van der Waals surface area contributed by atoms with Gasteiger partial charge < -0.3 is 9.15 Å². The van der Waals surface area contributed by atoms with E-state index in [0.29, 0.717) is 15.5 Å². The molecule has 0 spiro atoms. The van der Waals surface area contributed by atoms with Crippen molar-refractivity contribution in [2.24, 2.45) is 4.99 Å². The second-order valence-electron chi connectivity index (χ2n) is 3.99. The highest BCUT2D eigenvalue weighted by atomic mass is 79.9. The van der Waals surface area contributed by atoms with Gasteiger partial charge in [-0.05, 0) is 51.8 Å². The third kappa shape index (κ3) is 2.69. The fourth-order valence-corrected chi connectivity index (χ4v) is 2.20. The van der Waals surface area contributed by atoms with Gasteiger partial charge in [-0.1, -0.05) is 23.7 Å². The lowest BCUT2D eigenvalue weighted by molar-refractivity contribution is -0.130. The lowest BCUT2D eigenvalue weighted by atomic mass is 10.2. The molecule has 0 unspecified atom stereocenters. The minimum absolute atomic E-state index is 0.147. The van der Waals surface area contributed by atoms with Gasteiger partial charge in [0.2, 0.25) is 0 Å². The zero-order valence-corrected chi connectivity index (χ0v) is 12.3. The molecular weight excluding hydrogens is 346 g/mol. The Kier molecular flexibility index (Phi) is 3.46. The van der Waals surface area contributed by atoms with Crippen molar-refractivity contribution in [3.05, 3.63) is 63.1 Å². The number of furan rings is 1. The van der Waals surface area contributed by atoms with Gasteiger partial charge in [-0.2, -0.15) is 0 Å². The fourth-order valence-electron chi connectivity index (χ4n) is 1.70. The summed E-state index contributed by atoms with van der Waals surface area (Å²) in [5, 5.41) is 0.588. The molecule has 0 atom stereocenters. The van der Waals surface area contributed by atoms with Crippen LogP contribution in [0.2, 0.25) is 5.02 Å². The molecule has 0 bridgehead atoms. The van der Waals surface area contributed by atoms with Crippen LogP contribution in [0.4, 0.5) is 0 Å². The lowest BCUT2D eigenvalue weighted by Gasteiger charge is -1.94. The third-order valence-electron chi connectivity index (χ3n) is 2.56. The molecule has 0 amide bonds. The zero-order valence-electron chi connectivity index (χ0n) is 9.97. The number of ether oxygens (including phenoxy) is 1. The number of halogens is 2. The molecule has 4 nitrogen and oxygen atoms in total. The fraction of sp³-hybridized carbons (Fsp3) is 0. The number of rotatable bonds is 2. The summed E-state index contributed by atoms with van der Waals surface area (Å²) in [7, 11) is 0. The molecule has 2 aromatic rings. The first kappa shape index (κ1) is 13.1. The first-order valence-corrected chi connectivity index (χ1v) is 6.83. The molecule has 1 aliphatic heterocycles. The Morgan fingerprint density at radius 2 is 2.10 bits per heavy atom. The van der Waals surface area contributed by atoms with Gasteiger partial charge in [-0.3, -0.25) is 0 Å². The summed E-state index contributed by atoms with van der Waals surface area (Å²) in [5.74, 6) is 0.0150. The SMILES string of the molecule is O=C1OC(c2ccc(Br)o2)=N/C1=C/c1cccc(Cl)c1. The summed E-state index contributed by atoms with van der Waals surface area (Å²) in [6, 6.07) is 10.5. The normalized spacial score (nSPS) is 16.4. The molecule has 1 aromatic heterocycles. The molecule has 0 saturated carbocycles. The van der Waals surface area contributed by atoms with Crippen LogP contribution in [-0.4, -0.2) is 11.9 Å². The highest BCUT2D eigenvalue weighted by Gasteiger charge is 2.26. The number of carbonyl (C=O) groups is 1. The van der Waals surface area contributed by atoms with Crippen LogP contribution in [0, 0.1) is 0 Å². The van der Waals surface area contributed by atoms with Crippen molar-refractivity contribution in [1.82, 2.24) is 0 Å². The quantitative estimate of drug-likeness (QED) is 0.605. The average molecular weight is 353 g/mol. The maximum absolute atomic E-state index is 11.8. The second kappa shape index (κ2) is 5.26. The average Bonchev–Trinajstić information content (AvgIpc) is 2.97. The Morgan fingerprint density at radius 1 is 1.25 bits per heavy atom. The number of nitrogens with zero attached hydrogens (tertiary/aromatic N) is 1. The van der Waals surface area contributed by atoms with Crippen molar-refractivity contribution in [3.8, 4) is 0 Å². The van der Waals surface area contributed by atoms with Crippen molar-refractivity contribution < 1.29 is 13.9 Å². The molecule has 20 heavy (non-hydrogen) atoms. The Hall–Kier alpha value is -1.85. The van der Waals surface area contributed by atoms with Crippen molar-refractivity contribution in [2.75, 3.05) is 0 Å². The Bertz CT molecular complexity index is 748. The van der Waals surface area contributed by atoms with Crippen molar-refractivity contribution >= 4 is 45.5 Å².